The van der Waals surface area contributed by atoms with Gasteiger partial charge >= 0.3 is 0 Å². The molecule has 1 aromatic carbocycles. The molecule has 0 aliphatic carbocycles. The molecular formula is C11H12F3N. The topological polar surface area (TPSA) is 12.0 Å². The zero-order chi connectivity index (χ0) is 10.8. The first-order valence-electron chi connectivity index (χ1n) is 4.99. The van der Waals surface area contributed by atoms with Gasteiger partial charge in [0.05, 0.1) is 0 Å². The van der Waals surface area contributed by atoms with Crippen molar-refractivity contribution in [3.05, 3.63) is 35.1 Å². The lowest BCUT2D eigenvalue weighted by Crippen LogP contribution is -2.14. The van der Waals surface area contributed by atoms with E-state index >= 15 is 0 Å². The molecular weight excluding hydrogens is 203 g/mol. The van der Waals surface area contributed by atoms with Crippen LogP contribution in [0, 0.1) is 5.82 Å². The number of halogens is 3. The first-order chi connectivity index (χ1) is 7.18. The summed E-state index contributed by atoms with van der Waals surface area (Å²) in [5.41, 5.74) is 0.255. The molecule has 15 heavy (non-hydrogen) atoms. The number of benzene rings is 1. The first kappa shape index (κ1) is 10.5. The van der Waals surface area contributed by atoms with Crippen molar-refractivity contribution in [2.75, 3.05) is 6.54 Å². The highest BCUT2D eigenvalue weighted by Crippen LogP contribution is 2.29. The van der Waals surface area contributed by atoms with Gasteiger partial charge in [-0.3, -0.25) is 0 Å². The van der Waals surface area contributed by atoms with Gasteiger partial charge in [0.2, 0.25) is 0 Å². The molecule has 1 saturated heterocycles. The van der Waals surface area contributed by atoms with Crippen molar-refractivity contribution in [3.8, 4) is 0 Å². The third-order valence-electron chi connectivity index (χ3n) is 2.71. The van der Waals surface area contributed by atoms with Crippen LogP contribution in [0.25, 0.3) is 0 Å². The summed E-state index contributed by atoms with van der Waals surface area (Å²) in [4.78, 5) is 0. The van der Waals surface area contributed by atoms with Crippen LogP contribution >= 0.6 is 0 Å². The maximum Gasteiger partial charge on any atom is 0.263 e. The summed E-state index contributed by atoms with van der Waals surface area (Å²) >= 11 is 0. The molecule has 0 unspecified atom stereocenters. The standard InChI is InChI=1S/C11H12F3N/c12-9-4-3-7(11(13)14)6-8(9)10-2-1-5-15-10/h3-4,6,10-11,15H,1-2,5H2/t10-/m0/s1. The zero-order valence-corrected chi connectivity index (χ0v) is 8.14. The fourth-order valence-corrected chi connectivity index (χ4v) is 1.91. The van der Waals surface area contributed by atoms with Crippen molar-refractivity contribution >= 4 is 0 Å². The van der Waals surface area contributed by atoms with Gasteiger partial charge in [0, 0.05) is 17.2 Å². The normalized spacial score (nSPS) is 21.2. The van der Waals surface area contributed by atoms with E-state index in [0.717, 1.165) is 31.5 Å². The minimum atomic E-state index is -2.54. The zero-order valence-electron chi connectivity index (χ0n) is 8.14. The van der Waals surface area contributed by atoms with E-state index in [2.05, 4.69) is 5.32 Å². The summed E-state index contributed by atoms with van der Waals surface area (Å²) in [5.74, 6) is -0.404. The van der Waals surface area contributed by atoms with Crippen LogP contribution in [0.3, 0.4) is 0 Å². The Hall–Kier alpha value is -1.03. The first-order valence-corrected chi connectivity index (χ1v) is 4.99. The van der Waals surface area contributed by atoms with Crippen molar-refractivity contribution < 1.29 is 13.2 Å². The maximum atomic E-state index is 13.4. The fourth-order valence-electron chi connectivity index (χ4n) is 1.91. The SMILES string of the molecule is Fc1ccc(C(F)F)cc1[C@@H]1CCCN1. The number of hydrogen-bond acceptors (Lipinski definition) is 1. The largest absolute Gasteiger partial charge is 0.310 e. The van der Waals surface area contributed by atoms with Gasteiger partial charge in [-0.25, -0.2) is 13.2 Å². The number of alkyl halides is 2. The minimum Gasteiger partial charge on any atom is -0.310 e. The van der Waals surface area contributed by atoms with Gasteiger partial charge in [0.1, 0.15) is 5.82 Å². The van der Waals surface area contributed by atoms with Crippen LogP contribution in [-0.2, 0) is 0 Å². The lowest BCUT2D eigenvalue weighted by molar-refractivity contribution is 0.151. The third-order valence-corrected chi connectivity index (χ3v) is 2.71. The van der Waals surface area contributed by atoms with E-state index in [4.69, 9.17) is 0 Å². The maximum absolute atomic E-state index is 13.4. The summed E-state index contributed by atoms with van der Waals surface area (Å²) in [6.45, 7) is 0.822. The van der Waals surface area contributed by atoms with Gasteiger partial charge in [-0.1, -0.05) is 6.07 Å². The van der Waals surface area contributed by atoms with Crippen molar-refractivity contribution in [1.82, 2.24) is 5.32 Å². The van der Waals surface area contributed by atoms with E-state index in [-0.39, 0.29) is 11.6 Å². The van der Waals surface area contributed by atoms with Crippen LogP contribution in [0.15, 0.2) is 18.2 Å². The lowest BCUT2D eigenvalue weighted by atomic mass is 10.0. The second-order valence-electron chi connectivity index (χ2n) is 3.73. The van der Waals surface area contributed by atoms with Crippen LogP contribution in [0.2, 0.25) is 0 Å². The summed E-state index contributed by atoms with van der Waals surface area (Å²) in [7, 11) is 0. The minimum absolute atomic E-state index is 0.108. The summed E-state index contributed by atoms with van der Waals surface area (Å²) in [6, 6.07) is 3.42. The highest BCUT2D eigenvalue weighted by atomic mass is 19.3. The number of rotatable bonds is 2. The Kier molecular flexibility index (Phi) is 2.95. The third kappa shape index (κ3) is 2.15. The molecule has 0 spiro atoms. The van der Waals surface area contributed by atoms with Crippen LogP contribution < -0.4 is 5.32 Å². The molecule has 1 fully saturated rings. The Morgan fingerprint density at radius 1 is 1.33 bits per heavy atom. The molecule has 1 aromatic rings. The lowest BCUT2D eigenvalue weighted by Gasteiger charge is -2.13. The molecule has 0 aromatic heterocycles. The van der Waals surface area contributed by atoms with Crippen LogP contribution in [0.1, 0.15) is 36.4 Å². The van der Waals surface area contributed by atoms with E-state index in [1.165, 1.54) is 6.07 Å². The Morgan fingerprint density at radius 2 is 2.13 bits per heavy atom. The molecule has 0 radical (unpaired) electrons. The quantitative estimate of drug-likeness (QED) is 0.798. The Bertz CT molecular complexity index is 346. The van der Waals surface area contributed by atoms with Gasteiger partial charge in [-0.2, -0.15) is 0 Å². The fraction of sp³-hybridized carbons (Fsp3) is 0.455. The van der Waals surface area contributed by atoms with Gasteiger partial charge in [-0.05, 0) is 31.5 Å². The summed E-state index contributed by atoms with van der Waals surface area (Å²) < 4.78 is 38.2. The van der Waals surface area contributed by atoms with Crippen LogP contribution in [0.5, 0.6) is 0 Å². The molecule has 1 N–H and O–H groups in total. The van der Waals surface area contributed by atoms with E-state index in [1.54, 1.807) is 0 Å². The van der Waals surface area contributed by atoms with Crippen molar-refractivity contribution in [3.63, 3.8) is 0 Å². The molecule has 1 aliphatic rings. The predicted molar refractivity (Wildman–Crippen MR) is 51.3 cm³/mol. The molecule has 0 saturated carbocycles. The molecule has 1 atom stereocenters. The highest BCUT2D eigenvalue weighted by molar-refractivity contribution is 5.29. The van der Waals surface area contributed by atoms with E-state index in [9.17, 15) is 13.2 Å². The summed E-state index contributed by atoms with van der Waals surface area (Å²) in [6.07, 6.45) is -0.766. The predicted octanol–water partition coefficient (Wildman–Crippen LogP) is 3.19. The van der Waals surface area contributed by atoms with E-state index < -0.39 is 12.2 Å². The molecule has 0 amide bonds. The Morgan fingerprint density at radius 3 is 2.73 bits per heavy atom. The monoisotopic (exact) mass is 215 g/mol. The Balaban J connectivity index is 2.31. The molecule has 82 valence electrons. The number of nitrogens with one attached hydrogen (secondary N) is 1. The molecule has 1 aliphatic heterocycles. The number of hydrogen-bond donors (Lipinski definition) is 1. The van der Waals surface area contributed by atoms with E-state index in [0.29, 0.717) is 5.56 Å². The second kappa shape index (κ2) is 4.23. The molecule has 0 bridgehead atoms. The van der Waals surface area contributed by atoms with Gasteiger partial charge in [-0.15, -0.1) is 0 Å². The van der Waals surface area contributed by atoms with Crippen LogP contribution in [-0.4, -0.2) is 6.54 Å². The molecule has 1 heterocycles. The average molecular weight is 215 g/mol. The summed E-state index contributed by atoms with van der Waals surface area (Å²) in [5, 5.41) is 3.09. The average Bonchev–Trinajstić information content (AvgIpc) is 2.71. The van der Waals surface area contributed by atoms with Gasteiger partial charge in [0.25, 0.3) is 6.43 Å². The van der Waals surface area contributed by atoms with Crippen LogP contribution in [0.4, 0.5) is 13.2 Å². The highest BCUT2D eigenvalue weighted by Gasteiger charge is 2.21. The van der Waals surface area contributed by atoms with E-state index in [1.807, 2.05) is 0 Å². The molecule has 4 heteroatoms. The van der Waals surface area contributed by atoms with Gasteiger partial charge < -0.3 is 5.32 Å². The smallest absolute Gasteiger partial charge is 0.263 e. The van der Waals surface area contributed by atoms with Crippen molar-refractivity contribution in [1.29, 1.82) is 0 Å². The van der Waals surface area contributed by atoms with Crippen molar-refractivity contribution in [2.24, 2.45) is 0 Å². The molecule has 2 rings (SSSR count). The molecule has 1 nitrogen and oxygen atoms in total. The Labute approximate surface area is 86.3 Å². The second-order valence-corrected chi connectivity index (χ2v) is 3.73. The van der Waals surface area contributed by atoms with Crippen molar-refractivity contribution in [2.45, 2.75) is 25.3 Å². The van der Waals surface area contributed by atoms with Gasteiger partial charge in [0.15, 0.2) is 0 Å².